The highest BCUT2D eigenvalue weighted by molar-refractivity contribution is 8.00. The van der Waals surface area contributed by atoms with Crippen LogP contribution in [0.15, 0.2) is 12.1 Å². The van der Waals surface area contributed by atoms with E-state index in [4.69, 9.17) is 5.73 Å². The first-order valence-electron chi connectivity index (χ1n) is 6.23. The van der Waals surface area contributed by atoms with Crippen LogP contribution in [0, 0.1) is 0 Å². The first-order chi connectivity index (χ1) is 8.09. The quantitative estimate of drug-likeness (QED) is 0.915. The molecule has 17 heavy (non-hydrogen) atoms. The van der Waals surface area contributed by atoms with Gasteiger partial charge < -0.3 is 5.73 Å². The summed E-state index contributed by atoms with van der Waals surface area (Å²) in [6, 6.07) is 4.40. The smallest absolute Gasteiger partial charge is 0.0328 e. The molecule has 2 nitrogen and oxygen atoms in total. The molecular formula is C13H22N2S2. The highest BCUT2D eigenvalue weighted by Crippen LogP contribution is 2.31. The van der Waals surface area contributed by atoms with E-state index in [1.807, 2.05) is 11.3 Å². The number of thioether (sulfide) groups is 1. The first-order valence-corrected chi connectivity index (χ1v) is 8.03. The molecule has 96 valence electrons. The molecule has 1 aliphatic rings. The van der Waals surface area contributed by atoms with Crippen LogP contribution in [-0.2, 0) is 13.1 Å². The van der Waals surface area contributed by atoms with E-state index in [2.05, 4.69) is 42.6 Å². The van der Waals surface area contributed by atoms with Gasteiger partial charge in [-0.15, -0.1) is 11.3 Å². The van der Waals surface area contributed by atoms with Gasteiger partial charge in [-0.25, -0.2) is 0 Å². The van der Waals surface area contributed by atoms with Gasteiger partial charge in [0.05, 0.1) is 0 Å². The molecule has 0 unspecified atom stereocenters. The second kappa shape index (κ2) is 5.74. The van der Waals surface area contributed by atoms with Crippen molar-refractivity contribution >= 4 is 23.1 Å². The van der Waals surface area contributed by atoms with Crippen LogP contribution >= 0.6 is 23.1 Å². The molecule has 2 N–H and O–H groups in total. The van der Waals surface area contributed by atoms with Gasteiger partial charge >= 0.3 is 0 Å². The molecule has 4 heteroatoms. The average molecular weight is 270 g/mol. The Morgan fingerprint density at radius 3 is 2.76 bits per heavy atom. The summed E-state index contributed by atoms with van der Waals surface area (Å²) in [5, 5.41) is 0. The van der Waals surface area contributed by atoms with Gasteiger partial charge in [0.2, 0.25) is 0 Å². The zero-order valence-electron chi connectivity index (χ0n) is 10.7. The minimum atomic E-state index is 0.451. The normalized spacial score (nSPS) is 21.4. The summed E-state index contributed by atoms with van der Waals surface area (Å²) < 4.78 is 0.451. The minimum Gasteiger partial charge on any atom is -0.326 e. The predicted molar refractivity (Wildman–Crippen MR) is 78.6 cm³/mol. The van der Waals surface area contributed by atoms with Crippen LogP contribution in [0.2, 0.25) is 0 Å². The molecule has 0 aliphatic carbocycles. The van der Waals surface area contributed by atoms with Crippen molar-refractivity contribution in [3.8, 4) is 0 Å². The van der Waals surface area contributed by atoms with Crippen molar-refractivity contribution in [2.24, 2.45) is 5.73 Å². The fraction of sp³-hybridized carbons (Fsp3) is 0.692. The lowest BCUT2D eigenvalue weighted by molar-refractivity contribution is 0.278. The Morgan fingerprint density at radius 2 is 2.06 bits per heavy atom. The molecule has 1 aromatic rings. The first kappa shape index (κ1) is 13.4. The van der Waals surface area contributed by atoms with Crippen molar-refractivity contribution in [1.82, 2.24) is 4.90 Å². The fourth-order valence-corrected chi connectivity index (χ4v) is 4.13. The second-order valence-corrected chi connectivity index (χ2v) is 8.26. The molecule has 2 rings (SSSR count). The van der Waals surface area contributed by atoms with Crippen molar-refractivity contribution < 1.29 is 0 Å². The third-order valence-corrected chi connectivity index (χ3v) is 5.69. The third-order valence-electron chi connectivity index (χ3n) is 3.23. The van der Waals surface area contributed by atoms with E-state index in [1.54, 1.807) is 0 Å². The molecule has 2 heterocycles. The van der Waals surface area contributed by atoms with Crippen LogP contribution < -0.4 is 5.73 Å². The number of rotatable bonds is 3. The monoisotopic (exact) mass is 270 g/mol. The summed E-state index contributed by atoms with van der Waals surface area (Å²) in [5.41, 5.74) is 5.65. The largest absolute Gasteiger partial charge is 0.326 e. The van der Waals surface area contributed by atoms with Gasteiger partial charge in [0, 0.05) is 39.9 Å². The SMILES string of the molecule is CC1(C)CCN(Cc2ccc(CN)s2)CCS1. The van der Waals surface area contributed by atoms with Crippen molar-refractivity contribution in [2.45, 2.75) is 38.1 Å². The standard InChI is InChI=1S/C13H22N2S2/c1-13(2)5-6-15(7-8-16-13)10-12-4-3-11(9-14)17-12/h3-4H,5-10,14H2,1-2H3. The van der Waals surface area contributed by atoms with Crippen LogP contribution in [-0.4, -0.2) is 28.5 Å². The number of nitrogens with two attached hydrogens (primary N) is 1. The van der Waals surface area contributed by atoms with Gasteiger partial charge in [-0.1, -0.05) is 13.8 Å². The van der Waals surface area contributed by atoms with Gasteiger partial charge in [-0.05, 0) is 25.1 Å². The van der Waals surface area contributed by atoms with Gasteiger partial charge in [0.1, 0.15) is 0 Å². The van der Waals surface area contributed by atoms with Crippen LogP contribution in [0.5, 0.6) is 0 Å². The van der Waals surface area contributed by atoms with Gasteiger partial charge in [-0.3, -0.25) is 4.90 Å². The lowest BCUT2D eigenvalue weighted by Gasteiger charge is -2.22. The van der Waals surface area contributed by atoms with Crippen LogP contribution in [0.4, 0.5) is 0 Å². The molecule has 0 aromatic carbocycles. The molecule has 0 atom stereocenters. The maximum absolute atomic E-state index is 5.65. The molecule has 0 spiro atoms. The van der Waals surface area contributed by atoms with Crippen molar-refractivity contribution in [3.05, 3.63) is 21.9 Å². The Kier molecular flexibility index (Phi) is 4.53. The van der Waals surface area contributed by atoms with Crippen LogP contribution in [0.3, 0.4) is 0 Å². The van der Waals surface area contributed by atoms with E-state index < -0.39 is 0 Å². The number of hydrogen-bond donors (Lipinski definition) is 1. The van der Waals surface area contributed by atoms with Crippen molar-refractivity contribution in [3.63, 3.8) is 0 Å². The van der Waals surface area contributed by atoms with E-state index in [0.717, 1.165) is 6.54 Å². The van der Waals surface area contributed by atoms with Crippen LogP contribution in [0.25, 0.3) is 0 Å². The Balaban J connectivity index is 1.90. The zero-order chi connectivity index (χ0) is 12.3. The van der Waals surface area contributed by atoms with E-state index in [-0.39, 0.29) is 0 Å². The maximum atomic E-state index is 5.65. The summed E-state index contributed by atoms with van der Waals surface area (Å²) in [5.74, 6) is 1.25. The van der Waals surface area contributed by atoms with Gasteiger partial charge in [0.25, 0.3) is 0 Å². The molecular weight excluding hydrogens is 248 g/mol. The number of hydrogen-bond acceptors (Lipinski definition) is 4. The molecule has 0 amide bonds. The minimum absolute atomic E-state index is 0.451. The highest BCUT2D eigenvalue weighted by atomic mass is 32.2. The van der Waals surface area contributed by atoms with Crippen LogP contribution in [0.1, 0.15) is 30.0 Å². The molecule has 1 saturated heterocycles. The summed E-state index contributed by atoms with van der Waals surface area (Å²) in [6.07, 6.45) is 1.28. The summed E-state index contributed by atoms with van der Waals surface area (Å²) in [6.45, 7) is 8.92. The summed E-state index contributed by atoms with van der Waals surface area (Å²) >= 11 is 3.97. The summed E-state index contributed by atoms with van der Waals surface area (Å²) in [7, 11) is 0. The molecule has 0 saturated carbocycles. The maximum Gasteiger partial charge on any atom is 0.0328 e. The van der Waals surface area contributed by atoms with Crippen molar-refractivity contribution in [2.75, 3.05) is 18.8 Å². The lowest BCUT2D eigenvalue weighted by Crippen LogP contribution is -2.26. The van der Waals surface area contributed by atoms with Gasteiger partial charge in [0.15, 0.2) is 0 Å². The Labute approximate surface area is 113 Å². The van der Waals surface area contributed by atoms with E-state index in [0.29, 0.717) is 11.3 Å². The third kappa shape index (κ3) is 3.98. The zero-order valence-corrected chi connectivity index (χ0v) is 12.4. The molecule has 0 radical (unpaired) electrons. The van der Waals surface area contributed by atoms with E-state index in [1.165, 1.54) is 35.0 Å². The fourth-order valence-electron chi connectivity index (χ4n) is 2.06. The second-order valence-electron chi connectivity index (χ2n) is 5.21. The number of nitrogens with zero attached hydrogens (tertiary/aromatic N) is 1. The topological polar surface area (TPSA) is 29.3 Å². The molecule has 0 bridgehead atoms. The summed E-state index contributed by atoms with van der Waals surface area (Å²) in [4.78, 5) is 5.33. The predicted octanol–water partition coefficient (Wildman–Crippen LogP) is 2.92. The average Bonchev–Trinajstić information content (AvgIpc) is 2.66. The Hall–Kier alpha value is -0.0300. The molecule has 1 aromatic heterocycles. The number of thiophene rings is 1. The Morgan fingerprint density at radius 1 is 1.29 bits per heavy atom. The van der Waals surface area contributed by atoms with Gasteiger partial charge in [-0.2, -0.15) is 11.8 Å². The Bertz CT molecular complexity index is 360. The molecule has 1 fully saturated rings. The van der Waals surface area contributed by atoms with E-state index in [9.17, 15) is 0 Å². The highest BCUT2D eigenvalue weighted by Gasteiger charge is 2.23. The van der Waals surface area contributed by atoms with E-state index >= 15 is 0 Å². The lowest BCUT2D eigenvalue weighted by atomic mass is 10.1. The van der Waals surface area contributed by atoms with Crippen molar-refractivity contribution in [1.29, 1.82) is 0 Å². The molecule has 1 aliphatic heterocycles.